The van der Waals surface area contributed by atoms with E-state index in [-0.39, 0.29) is 11.1 Å². The van der Waals surface area contributed by atoms with E-state index in [2.05, 4.69) is 9.97 Å². The summed E-state index contributed by atoms with van der Waals surface area (Å²) in [5.74, 6) is -0.956. The molecule has 0 unspecified atom stereocenters. The average Bonchev–Trinajstić information content (AvgIpc) is 2.59. The van der Waals surface area contributed by atoms with Crippen molar-refractivity contribution in [1.29, 1.82) is 0 Å². The third kappa shape index (κ3) is 3.76. The highest BCUT2D eigenvalue weighted by Gasteiger charge is 2.06. The second-order valence-corrected chi connectivity index (χ2v) is 5.54. The smallest absolute Gasteiger partial charge is 0.335 e. The van der Waals surface area contributed by atoms with Crippen LogP contribution in [0, 0.1) is 0 Å². The van der Waals surface area contributed by atoms with Gasteiger partial charge in [-0.2, -0.15) is 0 Å². The fraction of sp³-hybridized carbons (Fsp3) is 0.105. The third-order valence-electron chi connectivity index (χ3n) is 3.77. The monoisotopic (exact) mass is 320 g/mol. The lowest BCUT2D eigenvalue weighted by Gasteiger charge is -2.05. The Morgan fingerprint density at radius 1 is 1.04 bits per heavy atom. The van der Waals surface area contributed by atoms with Crippen molar-refractivity contribution in [2.75, 3.05) is 0 Å². The topological polar surface area (TPSA) is 83.0 Å². The van der Waals surface area contributed by atoms with E-state index in [0.29, 0.717) is 18.5 Å². The molecule has 0 bridgehead atoms. The summed E-state index contributed by atoms with van der Waals surface area (Å²) in [6.45, 7) is 0. The molecule has 0 saturated carbocycles. The second-order valence-electron chi connectivity index (χ2n) is 5.54. The molecular formula is C19H16N2O3. The Bertz CT molecular complexity index is 914. The number of hydrogen-bond acceptors (Lipinski definition) is 3. The number of pyridine rings is 2. The molecule has 3 rings (SSSR count). The maximum absolute atomic E-state index is 11.7. The fourth-order valence-electron chi connectivity index (χ4n) is 2.51. The first-order chi connectivity index (χ1) is 11.6. The van der Waals surface area contributed by atoms with E-state index >= 15 is 0 Å². The van der Waals surface area contributed by atoms with Gasteiger partial charge >= 0.3 is 5.97 Å². The van der Waals surface area contributed by atoms with Crippen LogP contribution in [0.15, 0.2) is 65.7 Å². The molecule has 2 aromatic heterocycles. The summed E-state index contributed by atoms with van der Waals surface area (Å²) in [4.78, 5) is 29.6. The minimum absolute atomic E-state index is 0.0729. The van der Waals surface area contributed by atoms with Crippen molar-refractivity contribution in [2.45, 2.75) is 12.8 Å². The molecule has 2 N–H and O–H groups in total. The number of carboxylic acids is 1. The molecule has 0 radical (unpaired) electrons. The Morgan fingerprint density at radius 2 is 1.75 bits per heavy atom. The molecule has 0 saturated heterocycles. The van der Waals surface area contributed by atoms with Crippen molar-refractivity contribution in [3.8, 4) is 0 Å². The highest BCUT2D eigenvalue weighted by Crippen LogP contribution is 2.12. The molecule has 0 aliphatic heterocycles. The van der Waals surface area contributed by atoms with Gasteiger partial charge in [-0.3, -0.25) is 9.78 Å². The van der Waals surface area contributed by atoms with Gasteiger partial charge in [0.2, 0.25) is 0 Å². The number of hydrogen-bond donors (Lipinski definition) is 2. The van der Waals surface area contributed by atoms with E-state index in [4.69, 9.17) is 5.11 Å². The van der Waals surface area contributed by atoms with Crippen molar-refractivity contribution < 1.29 is 9.90 Å². The SMILES string of the molecule is O=C(O)c1ccnc(Cc2ccc(Cc3ccc[nH]c3=O)cc2)c1. The van der Waals surface area contributed by atoms with Crippen molar-refractivity contribution in [2.24, 2.45) is 0 Å². The number of nitrogens with one attached hydrogen (secondary N) is 1. The molecule has 2 heterocycles. The summed E-state index contributed by atoms with van der Waals surface area (Å²) >= 11 is 0. The minimum Gasteiger partial charge on any atom is -0.478 e. The van der Waals surface area contributed by atoms with E-state index in [9.17, 15) is 9.59 Å². The number of aromatic nitrogens is 2. The summed E-state index contributed by atoms with van der Waals surface area (Å²) in [7, 11) is 0. The highest BCUT2D eigenvalue weighted by atomic mass is 16.4. The normalized spacial score (nSPS) is 10.5. The zero-order valence-electron chi connectivity index (χ0n) is 12.9. The van der Waals surface area contributed by atoms with Crippen LogP contribution in [0.5, 0.6) is 0 Å². The van der Waals surface area contributed by atoms with Crippen LogP contribution < -0.4 is 5.56 Å². The molecule has 0 aliphatic carbocycles. The van der Waals surface area contributed by atoms with E-state index < -0.39 is 5.97 Å². The first-order valence-corrected chi connectivity index (χ1v) is 7.54. The van der Waals surface area contributed by atoms with Gasteiger partial charge < -0.3 is 10.1 Å². The van der Waals surface area contributed by atoms with Gasteiger partial charge in [-0.15, -0.1) is 0 Å². The van der Waals surface area contributed by atoms with E-state index in [1.165, 1.54) is 12.3 Å². The van der Waals surface area contributed by atoms with Gasteiger partial charge in [-0.25, -0.2) is 4.79 Å². The summed E-state index contributed by atoms with van der Waals surface area (Å²) in [5, 5.41) is 9.02. The number of aromatic carboxylic acids is 1. The molecule has 120 valence electrons. The molecule has 24 heavy (non-hydrogen) atoms. The minimum atomic E-state index is -0.956. The first-order valence-electron chi connectivity index (χ1n) is 7.54. The Morgan fingerprint density at radius 3 is 2.42 bits per heavy atom. The third-order valence-corrected chi connectivity index (χ3v) is 3.77. The standard InChI is InChI=1S/C19H16N2O3/c22-18-15(2-1-8-21-18)10-13-3-5-14(6-4-13)11-17-12-16(19(23)24)7-9-20-17/h1-9,12H,10-11H2,(H,21,22)(H,23,24). The number of carboxylic acid groups (broad SMARTS) is 1. The van der Waals surface area contributed by atoms with Crippen LogP contribution in [0.4, 0.5) is 0 Å². The number of benzene rings is 1. The fourth-order valence-corrected chi connectivity index (χ4v) is 2.51. The van der Waals surface area contributed by atoms with Crippen molar-refractivity contribution in [3.05, 3.63) is 99.2 Å². The summed E-state index contributed by atoms with van der Waals surface area (Å²) in [6.07, 6.45) is 4.26. The van der Waals surface area contributed by atoms with Crippen molar-refractivity contribution >= 4 is 5.97 Å². The van der Waals surface area contributed by atoms with Crippen LogP contribution in [0.3, 0.4) is 0 Å². The number of nitrogens with zero attached hydrogens (tertiary/aromatic N) is 1. The van der Waals surface area contributed by atoms with Gasteiger partial charge in [0, 0.05) is 36.5 Å². The van der Waals surface area contributed by atoms with Crippen LogP contribution in [0.2, 0.25) is 0 Å². The molecule has 0 spiro atoms. The Balaban J connectivity index is 1.73. The number of rotatable bonds is 5. The molecule has 3 aromatic rings. The number of H-pyrrole nitrogens is 1. The maximum Gasteiger partial charge on any atom is 0.335 e. The van der Waals surface area contributed by atoms with Crippen molar-refractivity contribution in [1.82, 2.24) is 9.97 Å². The molecule has 0 amide bonds. The van der Waals surface area contributed by atoms with Gasteiger partial charge in [-0.05, 0) is 29.3 Å². The Labute approximate surface area is 138 Å². The second kappa shape index (κ2) is 6.91. The quantitative estimate of drug-likeness (QED) is 0.757. The zero-order valence-corrected chi connectivity index (χ0v) is 12.9. The van der Waals surface area contributed by atoms with Gasteiger partial charge in [0.15, 0.2) is 0 Å². The maximum atomic E-state index is 11.7. The predicted molar refractivity (Wildman–Crippen MR) is 90.3 cm³/mol. The molecular weight excluding hydrogens is 304 g/mol. The first kappa shape index (κ1) is 15.7. The molecule has 5 nitrogen and oxygen atoms in total. The van der Waals surface area contributed by atoms with Crippen LogP contribution in [0.25, 0.3) is 0 Å². The van der Waals surface area contributed by atoms with E-state index in [1.807, 2.05) is 36.4 Å². The van der Waals surface area contributed by atoms with Gasteiger partial charge in [0.1, 0.15) is 0 Å². The van der Waals surface area contributed by atoms with E-state index in [1.54, 1.807) is 12.3 Å². The molecule has 0 aliphatic rings. The van der Waals surface area contributed by atoms with Gasteiger partial charge in [0.05, 0.1) is 5.56 Å². The lowest BCUT2D eigenvalue weighted by Crippen LogP contribution is -2.11. The van der Waals surface area contributed by atoms with Crippen LogP contribution in [-0.4, -0.2) is 21.0 Å². The Hall–Kier alpha value is -3.21. The predicted octanol–water partition coefficient (Wildman–Crippen LogP) is 2.65. The van der Waals surface area contributed by atoms with Crippen LogP contribution in [0.1, 0.15) is 32.7 Å². The van der Waals surface area contributed by atoms with Crippen molar-refractivity contribution in [3.63, 3.8) is 0 Å². The molecule has 0 fully saturated rings. The summed E-state index contributed by atoms with van der Waals surface area (Å²) < 4.78 is 0. The Kier molecular flexibility index (Phi) is 4.52. The zero-order chi connectivity index (χ0) is 16.9. The highest BCUT2D eigenvalue weighted by molar-refractivity contribution is 5.87. The molecule has 1 aromatic carbocycles. The summed E-state index contributed by atoms with van der Waals surface area (Å²) in [5.41, 5.74) is 3.68. The molecule has 5 heteroatoms. The van der Waals surface area contributed by atoms with Gasteiger partial charge in [0.25, 0.3) is 5.56 Å². The lowest BCUT2D eigenvalue weighted by atomic mass is 10.0. The lowest BCUT2D eigenvalue weighted by molar-refractivity contribution is 0.0696. The largest absolute Gasteiger partial charge is 0.478 e. The van der Waals surface area contributed by atoms with E-state index in [0.717, 1.165) is 16.7 Å². The van der Waals surface area contributed by atoms with Crippen LogP contribution >= 0.6 is 0 Å². The van der Waals surface area contributed by atoms with Crippen LogP contribution in [-0.2, 0) is 12.8 Å². The summed E-state index contributed by atoms with van der Waals surface area (Å²) in [6, 6.07) is 14.6. The average molecular weight is 320 g/mol. The number of aromatic amines is 1. The van der Waals surface area contributed by atoms with Gasteiger partial charge in [-0.1, -0.05) is 30.3 Å². The number of carbonyl (C=O) groups is 1. The molecule has 0 atom stereocenters.